The summed E-state index contributed by atoms with van der Waals surface area (Å²) in [4.78, 5) is 32.9. The molecule has 2 aromatic carbocycles. The Kier molecular flexibility index (Phi) is 7.65. The van der Waals surface area contributed by atoms with Crippen molar-refractivity contribution in [2.24, 2.45) is 10.4 Å². The van der Waals surface area contributed by atoms with Crippen LogP contribution in [0.2, 0.25) is 0 Å². The number of aliphatic imine (C=N–C) groups is 1. The highest BCUT2D eigenvalue weighted by Crippen LogP contribution is 2.43. The van der Waals surface area contributed by atoms with Crippen molar-refractivity contribution < 1.29 is 14.3 Å². The number of hydrogen-bond acceptors (Lipinski definition) is 6. The molecule has 2 aromatic rings. The molecule has 4 rings (SSSR count). The number of hydrogen-bond donors (Lipinski definition) is 1. The molecular weight excluding hydrogens is 458 g/mol. The zero-order valence-electron chi connectivity index (χ0n) is 20.8. The molecule has 1 amide bonds. The molecule has 1 fully saturated rings. The zero-order valence-corrected chi connectivity index (χ0v) is 21.7. The molecule has 0 saturated carbocycles. The number of carbonyl (C=O) groups is 2. The molecule has 35 heavy (non-hydrogen) atoms. The lowest BCUT2D eigenvalue weighted by atomic mass is 9.91. The second-order valence-electron chi connectivity index (χ2n) is 9.95. The third kappa shape index (κ3) is 5.96. The minimum absolute atomic E-state index is 0.0109. The van der Waals surface area contributed by atoms with Gasteiger partial charge in [-0.3, -0.25) is 4.79 Å². The Hall–Kier alpha value is -3.06. The monoisotopic (exact) mass is 491 g/mol. The summed E-state index contributed by atoms with van der Waals surface area (Å²) in [6.45, 7) is 9.05. The van der Waals surface area contributed by atoms with Gasteiger partial charge in [0.1, 0.15) is 0 Å². The standard InChI is InChI=1S/C28H33N3O3S/c1-5-34-26(33)23-24(19-10-7-6-8-11-19)30-27-31(16-9-17-35-27)25(23)20-12-14-21(15-13-20)29-22(32)18-28(2,3)4/h6-8,10-15,25H,5,9,16-18H2,1-4H3,(H,29,32). The molecule has 184 valence electrons. The molecule has 6 nitrogen and oxygen atoms in total. The first-order valence-electron chi connectivity index (χ1n) is 12.1. The highest BCUT2D eigenvalue weighted by Gasteiger charge is 2.39. The average Bonchev–Trinajstić information content (AvgIpc) is 2.83. The molecule has 2 aliphatic rings. The number of amides is 1. The molecule has 7 heteroatoms. The molecular formula is C28H33N3O3S. The van der Waals surface area contributed by atoms with E-state index in [1.165, 1.54) is 0 Å². The normalized spacial score (nSPS) is 18.0. The molecule has 0 aliphatic carbocycles. The Bertz CT molecular complexity index is 1130. The minimum Gasteiger partial charge on any atom is -0.463 e. The van der Waals surface area contributed by atoms with Gasteiger partial charge in [0, 0.05) is 30.0 Å². The summed E-state index contributed by atoms with van der Waals surface area (Å²) >= 11 is 1.72. The molecule has 2 heterocycles. The number of nitrogens with zero attached hydrogens (tertiary/aromatic N) is 2. The van der Waals surface area contributed by atoms with Crippen molar-refractivity contribution in [3.63, 3.8) is 0 Å². The van der Waals surface area contributed by atoms with Crippen LogP contribution < -0.4 is 5.32 Å². The molecule has 2 aliphatic heterocycles. The van der Waals surface area contributed by atoms with E-state index in [1.807, 2.05) is 82.3 Å². The van der Waals surface area contributed by atoms with E-state index in [2.05, 4.69) is 10.2 Å². The van der Waals surface area contributed by atoms with Gasteiger partial charge < -0.3 is 15.0 Å². The Morgan fingerprint density at radius 3 is 2.49 bits per heavy atom. The van der Waals surface area contributed by atoms with Crippen molar-refractivity contribution in [3.05, 3.63) is 71.3 Å². The number of benzene rings is 2. The first-order chi connectivity index (χ1) is 16.8. The Morgan fingerprint density at radius 2 is 1.83 bits per heavy atom. The summed E-state index contributed by atoms with van der Waals surface area (Å²) in [5.74, 6) is 0.637. The predicted octanol–water partition coefficient (Wildman–Crippen LogP) is 5.89. The lowest BCUT2D eigenvalue weighted by molar-refractivity contribution is -0.139. The summed E-state index contributed by atoms with van der Waals surface area (Å²) in [6.07, 6.45) is 1.45. The van der Waals surface area contributed by atoms with Crippen molar-refractivity contribution in [2.45, 2.75) is 46.6 Å². The fourth-order valence-corrected chi connectivity index (χ4v) is 5.34. The molecule has 1 N–H and O–H groups in total. The van der Waals surface area contributed by atoms with Crippen molar-refractivity contribution in [1.82, 2.24) is 4.90 Å². The number of rotatable bonds is 6. The van der Waals surface area contributed by atoms with Gasteiger partial charge in [0.25, 0.3) is 0 Å². The third-order valence-corrected chi connectivity index (χ3v) is 6.89. The summed E-state index contributed by atoms with van der Waals surface area (Å²) in [5.41, 5.74) is 3.73. The quantitative estimate of drug-likeness (QED) is 0.511. The van der Waals surface area contributed by atoms with Crippen molar-refractivity contribution in [3.8, 4) is 0 Å². The predicted molar refractivity (Wildman–Crippen MR) is 143 cm³/mol. The van der Waals surface area contributed by atoms with Crippen LogP contribution in [0.5, 0.6) is 0 Å². The third-order valence-electron chi connectivity index (χ3n) is 5.81. The van der Waals surface area contributed by atoms with Gasteiger partial charge in [-0.1, -0.05) is 75.0 Å². The summed E-state index contributed by atoms with van der Waals surface area (Å²) in [6, 6.07) is 17.3. The molecule has 1 saturated heterocycles. The van der Waals surface area contributed by atoms with Crippen molar-refractivity contribution in [2.75, 3.05) is 24.2 Å². The van der Waals surface area contributed by atoms with Gasteiger partial charge >= 0.3 is 5.97 Å². The number of carbonyl (C=O) groups excluding carboxylic acids is 2. The van der Waals surface area contributed by atoms with E-state index >= 15 is 0 Å². The average molecular weight is 492 g/mol. The largest absolute Gasteiger partial charge is 0.463 e. The number of nitrogens with one attached hydrogen (secondary N) is 1. The van der Waals surface area contributed by atoms with Gasteiger partial charge in [0.2, 0.25) is 5.91 Å². The molecule has 0 bridgehead atoms. The van der Waals surface area contributed by atoms with E-state index in [1.54, 1.807) is 11.8 Å². The van der Waals surface area contributed by atoms with Crippen molar-refractivity contribution >= 4 is 40.2 Å². The van der Waals surface area contributed by atoms with Crippen LogP contribution in [0, 0.1) is 5.41 Å². The van der Waals surface area contributed by atoms with Crippen LogP contribution in [-0.2, 0) is 14.3 Å². The SMILES string of the molecule is CCOC(=O)C1=C(c2ccccc2)N=C2SCCCN2C1c1ccc(NC(=O)CC(C)(C)C)cc1. The fraction of sp³-hybridized carbons (Fsp3) is 0.393. The lowest BCUT2D eigenvalue weighted by Crippen LogP contribution is -2.42. The minimum atomic E-state index is -0.350. The Labute approximate surface area is 211 Å². The topological polar surface area (TPSA) is 71.0 Å². The van der Waals surface area contributed by atoms with Crippen LogP contribution in [0.3, 0.4) is 0 Å². The first-order valence-corrected chi connectivity index (χ1v) is 13.1. The van der Waals surface area contributed by atoms with Gasteiger partial charge in [-0.2, -0.15) is 0 Å². The lowest BCUT2D eigenvalue weighted by Gasteiger charge is -2.41. The summed E-state index contributed by atoms with van der Waals surface area (Å²) in [7, 11) is 0. The summed E-state index contributed by atoms with van der Waals surface area (Å²) in [5, 5.41) is 3.92. The van der Waals surface area contributed by atoms with Crippen LogP contribution in [0.15, 0.2) is 65.2 Å². The maximum atomic E-state index is 13.3. The van der Waals surface area contributed by atoms with Crippen molar-refractivity contribution in [1.29, 1.82) is 0 Å². The number of anilines is 1. The summed E-state index contributed by atoms with van der Waals surface area (Å²) < 4.78 is 5.53. The van der Waals surface area contributed by atoms with Crippen LogP contribution in [0.1, 0.15) is 57.7 Å². The molecule has 0 spiro atoms. The Morgan fingerprint density at radius 1 is 1.11 bits per heavy atom. The Balaban J connectivity index is 1.74. The number of thioether (sulfide) groups is 1. The second-order valence-corrected chi connectivity index (χ2v) is 11.0. The van der Waals surface area contributed by atoms with Crippen LogP contribution in [0.25, 0.3) is 5.70 Å². The maximum Gasteiger partial charge on any atom is 0.338 e. The number of fused-ring (bicyclic) bond motifs is 1. The van der Waals surface area contributed by atoms with Gasteiger partial charge in [-0.15, -0.1) is 0 Å². The number of esters is 1. The number of ether oxygens (including phenoxy) is 1. The molecule has 0 aromatic heterocycles. The second kappa shape index (κ2) is 10.7. The number of amidine groups is 1. The molecule has 1 unspecified atom stereocenters. The molecule has 1 atom stereocenters. The van der Waals surface area contributed by atoms with Gasteiger partial charge in [0.05, 0.1) is 23.9 Å². The van der Waals surface area contributed by atoms with Gasteiger partial charge in [0.15, 0.2) is 5.17 Å². The maximum absolute atomic E-state index is 13.3. The van der Waals surface area contributed by atoms with Crippen LogP contribution in [-0.4, -0.2) is 40.8 Å². The van der Waals surface area contributed by atoms with Gasteiger partial charge in [-0.05, 0) is 36.5 Å². The first kappa shape index (κ1) is 25.0. The van der Waals surface area contributed by atoms with Crippen LogP contribution in [0.4, 0.5) is 5.69 Å². The highest BCUT2D eigenvalue weighted by atomic mass is 32.2. The highest BCUT2D eigenvalue weighted by molar-refractivity contribution is 8.13. The van der Waals surface area contributed by atoms with Crippen LogP contribution >= 0.6 is 11.8 Å². The van der Waals surface area contributed by atoms with E-state index in [0.717, 1.165) is 40.7 Å². The smallest absolute Gasteiger partial charge is 0.338 e. The van der Waals surface area contributed by atoms with E-state index < -0.39 is 0 Å². The van der Waals surface area contributed by atoms with E-state index in [9.17, 15) is 9.59 Å². The van der Waals surface area contributed by atoms with E-state index in [-0.39, 0.29) is 23.3 Å². The van der Waals surface area contributed by atoms with Gasteiger partial charge in [-0.25, -0.2) is 9.79 Å². The van der Waals surface area contributed by atoms with E-state index in [4.69, 9.17) is 9.73 Å². The van der Waals surface area contributed by atoms with E-state index in [0.29, 0.717) is 24.3 Å². The zero-order chi connectivity index (χ0) is 25.0. The fourth-order valence-electron chi connectivity index (χ4n) is 4.37. The molecule has 0 radical (unpaired) electrons.